The number of ketones is 1. The van der Waals surface area contributed by atoms with Crippen LogP contribution in [0.5, 0.6) is 0 Å². The van der Waals surface area contributed by atoms with Crippen LogP contribution in [-0.4, -0.2) is 26.6 Å². The number of carboxylic acids is 1. The van der Waals surface area contributed by atoms with Crippen LogP contribution < -0.4 is 0 Å². The zero-order valence-electron chi connectivity index (χ0n) is 12.9. The minimum absolute atomic E-state index is 0.230. The summed E-state index contributed by atoms with van der Waals surface area (Å²) < 4.78 is 1.31. The topological polar surface area (TPSA) is 96.0 Å². The molecule has 0 aliphatic carbocycles. The van der Waals surface area contributed by atoms with Crippen molar-refractivity contribution in [3.63, 3.8) is 0 Å². The number of fused-ring (bicyclic) bond motifs is 1. The molecule has 0 amide bonds. The normalized spacial score (nSPS) is 10.5. The van der Waals surface area contributed by atoms with E-state index in [1.165, 1.54) is 11.6 Å². The van der Waals surface area contributed by atoms with Crippen molar-refractivity contribution in [3.05, 3.63) is 53.7 Å². The Morgan fingerprint density at radius 1 is 1.21 bits per heavy atom. The van der Waals surface area contributed by atoms with E-state index in [-0.39, 0.29) is 18.0 Å². The van der Waals surface area contributed by atoms with Crippen LogP contribution >= 0.6 is 0 Å². The van der Waals surface area contributed by atoms with Gasteiger partial charge >= 0.3 is 5.97 Å². The fraction of sp³-hybridized carbons (Fsp3) is 0.111. The highest BCUT2D eigenvalue weighted by atomic mass is 16.4. The van der Waals surface area contributed by atoms with Gasteiger partial charge in [-0.1, -0.05) is 18.2 Å². The van der Waals surface area contributed by atoms with E-state index in [0.29, 0.717) is 16.5 Å². The summed E-state index contributed by atoms with van der Waals surface area (Å²) in [7, 11) is 0. The Kier molecular flexibility index (Phi) is 3.84. The molecule has 0 spiro atoms. The predicted molar refractivity (Wildman–Crippen MR) is 87.5 cm³/mol. The van der Waals surface area contributed by atoms with E-state index in [2.05, 4.69) is 11.2 Å². The fourth-order valence-corrected chi connectivity index (χ4v) is 2.64. The highest BCUT2D eigenvalue weighted by molar-refractivity contribution is 6.06. The van der Waals surface area contributed by atoms with Crippen LogP contribution in [0.3, 0.4) is 0 Å². The molecule has 118 valence electrons. The third-order valence-corrected chi connectivity index (χ3v) is 3.69. The maximum atomic E-state index is 11.8. The molecule has 3 rings (SSSR count). The second-order valence-electron chi connectivity index (χ2n) is 5.38. The van der Waals surface area contributed by atoms with Crippen LogP contribution in [0.15, 0.2) is 42.5 Å². The first-order valence-electron chi connectivity index (χ1n) is 7.23. The molecule has 3 aromatic rings. The molecule has 0 atom stereocenters. The van der Waals surface area contributed by atoms with Gasteiger partial charge in [0.05, 0.1) is 17.1 Å². The lowest BCUT2D eigenvalue weighted by atomic mass is 10.0. The zero-order valence-corrected chi connectivity index (χ0v) is 12.9. The number of aromatic nitrogens is 2. The minimum atomic E-state index is -1.03. The van der Waals surface area contributed by atoms with Gasteiger partial charge in [-0.2, -0.15) is 10.4 Å². The summed E-state index contributed by atoms with van der Waals surface area (Å²) in [6.07, 6.45) is 0. The Bertz CT molecular complexity index is 1010. The molecular weight excluding hydrogens is 306 g/mol. The van der Waals surface area contributed by atoms with Crippen molar-refractivity contribution in [2.45, 2.75) is 13.5 Å². The van der Waals surface area contributed by atoms with Gasteiger partial charge in [0, 0.05) is 12.3 Å². The van der Waals surface area contributed by atoms with Crippen LogP contribution in [-0.2, 0) is 11.3 Å². The summed E-state index contributed by atoms with van der Waals surface area (Å²) in [6.45, 7) is 1.09. The summed E-state index contributed by atoms with van der Waals surface area (Å²) in [5, 5.41) is 22.7. The average molecular weight is 319 g/mol. The molecule has 0 saturated carbocycles. The Morgan fingerprint density at radius 3 is 2.62 bits per heavy atom. The van der Waals surface area contributed by atoms with Gasteiger partial charge in [0.1, 0.15) is 12.2 Å². The lowest BCUT2D eigenvalue weighted by Crippen LogP contribution is -2.10. The van der Waals surface area contributed by atoms with E-state index in [4.69, 9.17) is 10.4 Å². The number of Topliss-reactive ketones (excluding diaryl/α,β-unsaturated/α-hetero) is 1. The minimum Gasteiger partial charge on any atom is -0.480 e. The number of carboxylic acid groups (broad SMARTS) is 1. The highest BCUT2D eigenvalue weighted by Crippen LogP contribution is 2.27. The number of hydrogen-bond acceptors (Lipinski definition) is 4. The maximum Gasteiger partial charge on any atom is 0.325 e. The number of nitriles is 1. The van der Waals surface area contributed by atoms with Crippen molar-refractivity contribution in [3.8, 4) is 17.2 Å². The first kappa shape index (κ1) is 15.4. The lowest BCUT2D eigenvalue weighted by molar-refractivity contribution is -0.137. The molecule has 0 saturated heterocycles. The first-order valence-corrected chi connectivity index (χ1v) is 7.23. The number of rotatable bonds is 4. The standard InChI is InChI=1S/C18H13N3O3/c1-11(22)18-15-8-14(13-4-2-3-12(7-13)9-19)5-6-16(15)21(20-18)10-17(23)24/h2-8H,10H2,1H3,(H,23,24). The largest absolute Gasteiger partial charge is 0.480 e. The third-order valence-electron chi connectivity index (χ3n) is 3.69. The van der Waals surface area contributed by atoms with Crippen molar-refractivity contribution >= 4 is 22.7 Å². The number of carbonyl (C=O) groups is 2. The van der Waals surface area contributed by atoms with E-state index in [0.717, 1.165) is 11.1 Å². The molecule has 0 bridgehead atoms. The number of benzene rings is 2. The molecule has 2 aromatic carbocycles. The van der Waals surface area contributed by atoms with Crippen molar-refractivity contribution < 1.29 is 14.7 Å². The lowest BCUT2D eigenvalue weighted by Gasteiger charge is -2.04. The quantitative estimate of drug-likeness (QED) is 0.746. The van der Waals surface area contributed by atoms with E-state index < -0.39 is 5.97 Å². The molecule has 1 N–H and O–H groups in total. The van der Waals surface area contributed by atoms with Gasteiger partial charge in [0.25, 0.3) is 0 Å². The Labute approximate surface area is 137 Å². The third kappa shape index (κ3) is 2.75. The number of aliphatic carboxylic acids is 1. The SMILES string of the molecule is CC(=O)c1nn(CC(=O)O)c2ccc(-c3cccc(C#N)c3)cc12. The second kappa shape index (κ2) is 5.97. The van der Waals surface area contributed by atoms with Gasteiger partial charge in [0.2, 0.25) is 0 Å². The summed E-state index contributed by atoms with van der Waals surface area (Å²) in [5.74, 6) is -1.26. The van der Waals surface area contributed by atoms with Gasteiger partial charge in [-0.05, 0) is 35.4 Å². The fourth-order valence-electron chi connectivity index (χ4n) is 2.64. The van der Waals surface area contributed by atoms with Gasteiger partial charge < -0.3 is 5.11 Å². The summed E-state index contributed by atoms with van der Waals surface area (Å²) >= 11 is 0. The molecule has 0 aliphatic heterocycles. The van der Waals surface area contributed by atoms with Gasteiger partial charge in [-0.25, -0.2) is 0 Å². The van der Waals surface area contributed by atoms with Crippen LogP contribution in [0.1, 0.15) is 23.0 Å². The highest BCUT2D eigenvalue weighted by Gasteiger charge is 2.16. The number of carbonyl (C=O) groups excluding carboxylic acids is 1. The maximum absolute atomic E-state index is 11.8. The van der Waals surface area contributed by atoms with Crippen molar-refractivity contribution in [2.75, 3.05) is 0 Å². The van der Waals surface area contributed by atoms with E-state index >= 15 is 0 Å². The summed E-state index contributed by atoms with van der Waals surface area (Å²) in [6, 6.07) is 14.6. The molecular formula is C18H13N3O3. The predicted octanol–water partition coefficient (Wildman–Crippen LogP) is 2.86. The number of hydrogen-bond donors (Lipinski definition) is 1. The Hall–Kier alpha value is -3.46. The van der Waals surface area contributed by atoms with Crippen molar-refractivity contribution in [2.24, 2.45) is 0 Å². The van der Waals surface area contributed by atoms with Crippen LogP contribution in [0.4, 0.5) is 0 Å². The Morgan fingerprint density at radius 2 is 1.96 bits per heavy atom. The molecule has 1 heterocycles. The smallest absolute Gasteiger partial charge is 0.325 e. The molecule has 0 aliphatic rings. The second-order valence-corrected chi connectivity index (χ2v) is 5.38. The molecule has 6 nitrogen and oxygen atoms in total. The van der Waals surface area contributed by atoms with Gasteiger partial charge in [0.15, 0.2) is 5.78 Å². The molecule has 0 fully saturated rings. The zero-order chi connectivity index (χ0) is 17.3. The van der Waals surface area contributed by atoms with Crippen LogP contribution in [0.25, 0.3) is 22.0 Å². The molecule has 0 unspecified atom stereocenters. The van der Waals surface area contributed by atoms with E-state index in [1.807, 2.05) is 12.1 Å². The molecule has 6 heteroatoms. The molecule has 24 heavy (non-hydrogen) atoms. The number of nitrogens with zero attached hydrogens (tertiary/aromatic N) is 3. The molecule has 1 aromatic heterocycles. The Balaban J connectivity index is 2.20. The molecule has 0 radical (unpaired) electrons. The van der Waals surface area contributed by atoms with E-state index in [9.17, 15) is 9.59 Å². The van der Waals surface area contributed by atoms with Crippen LogP contribution in [0.2, 0.25) is 0 Å². The summed E-state index contributed by atoms with van der Waals surface area (Å²) in [4.78, 5) is 22.8. The van der Waals surface area contributed by atoms with Crippen molar-refractivity contribution in [1.82, 2.24) is 9.78 Å². The van der Waals surface area contributed by atoms with Gasteiger partial charge in [-0.15, -0.1) is 0 Å². The monoisotopic (exact) mass is 319 g/mol. The summed E-state index contributed by atoms with van der Waals surface area (Å²) in [5.41, 5.74) is 3.04. The van der Waals surface area contributed by atoms with E-state index in [1.54, 1.807) is 30.3 Å². The van der Waals surface area contributed by atoms with Crippen molar-refractivity contribution in [1.29, 1.82) is 5.26 Å². The van der Waals surface area contributed by atoms with Gasteiger partial charge in [-0.3, -0.25) is 14.3 Å². The van der Waals surface area contributed by atoms with Crippen LogP contribution in [0, 0.1) is 11.3 Å². The average Bonchev–Trinajstić information content (AvgIpc) is 2.92. The first-order chi connectivity index (χ1) is 11.5.